The van der Waals surface area contributed by atoms with Gasteiger partial charge in [-0.25, -0.2) is 4.39 Å². The fourth-order valence-electron chi connectivity index (χ4n) is 3.49. The largest absolute Gasteiger partial charge is 0.360 e. The molecule has 3 aromatic rings. The molecule has 1 aliphatic heterocycles. The minimum absolute atomic E-state index is 0.157. The fraction of sp³-hybridized carbons (Fsp3) is 0.263. The Labute approximate surface area is 139 Å². The van der Waals surface area contributed by atoms with E-state index < -0.39 is 5.82 Å². The molecule has 0 atom stereocenters. The maximum atomic E-state index is 13.8. The zero-order valence-electron chi connectivity index (χ0n) is 13.2. The van der Waals surface area contributed by atoms with Gasteiger partial charge in [0.2, 0.25) is 0 Å². The Hall–Kier alpha value is -2.69. The molecule has 1 amide bonds. The number of pyridine rings is 1. The monoisotopic (exact) mass is 323 g/mol. The second-order valence-electron chi connectivity index (χ2n) is 6.19. The Morgan fingerprint density at radius 1 is 1.17 bits per heavy atom. The lowest BCUT2D eigenvalue weighted by atomic mass is 9.90. The van der Waals surface area contributed by atoms with Crippen molar-refractivity contribution in [2.45, 2.75) is 18.8 Å². The van der Waals surface area contributed by atoms with Crippen LogP contribution in [0.2, 0.25) is 0 Å². The molecule has 0 saturated carbocycles. The molecule has 1 N–H and O–H groups in total. The predicted octanol–water partition coefficient (Wildman–Crippen LogP) is 3.72. The van der Waals surface area contributed by atoms with Gasteiger partial charge < -0.3 is 9.88 Å². The van der Waals surface area contributed by atoms with Crippen LogP contribution in [0.25, 0.3) is 11.0 Å². The molecular weight excluding hydrogens is 305 g/mol. The summed E-state index contributed by atoms with van der Waals surface area (Å²) in [6.07, 6.45) is 5.56. The quantitative estimate of drug-likeness (QED) is 0.781. The first-order chi connectivity index (χ1) is 11.7. The summed E-state index contributed by atoms with van der Waals surface area (Å²) < 4.78 is 13.8. The minimum atomic E-state index is -0.453. The number of likely N-dealkylation sites (tertiary alicyclic amines) is 1. The van der Waals surface area contributed by atoms with E-state index in [2.05, 4.69) is 9.97 Å². The number of nitrogens with zero attached hydrogens (tertiary/aromatic N) is 2. The number of carbonyl (C=O) groups is 1. The molecule has 1 aromatic carbocycles. The van der Waals surface area contributed by atoms with Gasteiger partial charge in [-0.1, -0.05) is 12.1 Å². The standard InChI is InChI=1S/C19H18FN3O/c20-16-5-2-1-4-14(16)19(24)23-10-7-13(8-11-23)15-12-22-17-6-3-9-21-18(15)17/h1-6,9,12-13,22H,7-8,10-11H2. The van der Waals surface area contributed by atoms with Crippen LogP contribution in [0.15, 0.2) is 48.8 Å². The van der Waals surface area contributed by atoms with Gasteiger partial charge in [0.15, 0.2) is 0 Å². The summed E-state index contributed by atoms with van der Waals surface area (Å²) in [6, 6.07) is 10.1. The van der Waals surface area contributed by atoms with Gasteiger partial charge in [0.1, 0.15) is 5.82 Å². The number of hydrogen-bond acceptors (Lipinski definition) is 2. The van der Waals surface area contributed by atoms with Gasteiger partial charge in [0, 0.05) is 25.5 Å². The predicted molar refractivity (Wildman–Crippen MR) is 90.4 cm³/mol. The second kappa shape index (κ2) is 6.07. The first-order valence-electron chi connectivity index (χ1n) is 8.20. The van der Waals surface area contributed by atoms with Crippen LogP contribution in [0.1, 0.15) is 34.7 Å². The van der Waals surface area contributed by atoms with E-state index in [1.54, 1.807) is 29.3 Å². The van der Waals surface area contributed by atoms with Crippen LogP contribution in [0.5, 0.6) is 0 Å². The molecule has 122 valence electrons. The lowest BCUT2D eigenvalue weighted by Gasteiger charge is -2.32. The summed E-state index contributed by atoms with van der Waals surface area (Å²) in [6.45, 7) is 1.27. The normalized spacial score (nSPS) is 15.8. The molecule has 4 rings (SSSR count). The van der Waals surface area contributed by atoms with Gasteiger partial charge >= 0.3 is 0 Å². The Morgan fingerprint density at radius 3 is 2.75 bits per heavy atom. The van der Waals surface area contributed by atoms with E-state index in [1.807, 2.05) is 18.3 Å². The summed E-state index contributed by atoms with van der Waals surface area (Å²) in [5.41, 5.74) is 3.42. The van der Waals surface area contributed by atoms with E-state index in [4.69, 9.17) is 0 Å². The van der Waals surface area contributed by atoms with Crippen LogP contribution in [-0.2, 0) is 0 Å². The number of benzene rings is 1. The molecule has 0 spiro atoms. The average molecular weight is 323 g/mol. The Morgan fingerprint density at radius 2 is 1.96 bits per heavy atom. The highest BCUT2D eigenvalue weighted by Gasteiger charge is 2.27. The van der Waals surface area contributed by atoms with Crippen LogP contribution >= 0.6 is 0 Å². The molecular formula is C19H18FN3O. The zero-order valence-corrected chi connectivity index (χ0v) is 13.2. The number of carbonyl (C=O) groups excluding carboxylic acids is 1. The van der Waals surface area contributed by atoms with E-state index >= 15 is 0 Å². The number of nitrogens with one attached hydrogen (secondary N) is 1. The van der Waals surface area contributed by atoms with Crippen molar-refractivity contribution in [2.75, 3.05) is 13.1 Å². The van der Waals surface area contributed by atoms with Crippen molar-refractivity contribution < 1.29 is 9.18 Å². The molecule has 3 heterocycles. The van der Waals surface area contributed by atoms with Crippen molar-refractivity contribution in [3.63, 3.8) is 0 Å². The highest BCUT2D eigenvalue weighted by atomic mass is 19.1. The second-order valence-corrected chi connectivity index (χ2v) is 6.19. The number of fused-ring (bicyclic) bond motifs is 1. The number of piperidine rings is 1. The zero-order chi connectivity index (χ0) is 16.5. The van der Waals surface area contributed by atoms with Crippen molar-refractivity contribution in [3.8, 4) is 0 Å². The van der Waals surface area contributed by atoms with Crippen molar-refractivity contribution in [1.29, 1.82) is 0 Å². The molecule has 1 fully saturated rings. The summed E-state index contributed by atoms with van der Waals surface area (Å²) in [4.78, 5) is 22.0. The topological polar surface area (TPSA) is 49.0 Å². The van der Waals surface area contributed by atoms with E-state index in [0.29, 0.717) is 19.0 Å². The van der Waals surface area contributed by atoms with Crippen molar-refractivity contribution in [2.24, 2.45) is 0 Å². The molecule has 0 unspecified atom stereocenters. The average Bonchev–Trinajstić information content (AvgIpc) is 3.06. The lowest BCUT2D eigenvalue weighted by molar-refractivity contribution is 0.0708. The third-order valence-corrected chi connectivity index (χ3v) is 4.79. The van der Waals surface area contributed by atoms with Crippen LogP contribution in [0, 0.1) is 5.82 Å². The molecule has 0 aliphatic carbocycles. The summed E-state index contributed by atoms with van der Waals surface area (Å²) in [5, 5.41) is 0. The molecule has 0 bridgehead atoms. The third-order valence-electron chi connectivity index (χ3n) is 4.79. The van der Waals surface area contributed by atoms with Gasteiger partial charge in [-0.15, -0.1) is 0 Å². The molecule has 5 heteroatoms. The van der Waals surface area contributed by atoms with E-state index in [0.717, 1.165) is 23.9 Å². The van der Waals surface area contributed by atoms with Crippen molar-refractivity contribution >= 4 is 16.9 Å². The fourth-order valence-corrected chi connectivity index (χ4v) is 3.49. The van der Waals surface area contributed by atoms with Gasteiger partial charge in [-0.05, 0) is 48.6 Å². The maximum Gasteiger partial charge on any atom is 0.256 e. The van der Waals surface area contributed by atoms with Gasteiger partial charge in [-0.3, -0.25) is 9.78 Å². The number of halogens is 1. The highest BCUT2D eigenvalue weighted by Crippen LogP contribution is 2.32. The van der Waals surface area contributed by atoms with Crippen molar-refractivity contribution in [1.82, 2.24) is 14.9 Å². The first kappa shape index (κ1) is 14.9. The highest BCUT2D eigenvalue weighted by molar-refractivity contribution is 5.94. The third kappa shape index (κ3) is 2.56. The first-order valence-corrected chi connectivity index (χ1v) is 8.20. The summed E-state index contributed by atoms with van der Waals surface area (Å²) in [5.74, 6) is -0.299. The van der Waals surface area contributed by atoms with E-state index in [1.165, 1.54) is 11.6 Å². The molecule has 1 saturated heterocycles. The minimum Gasteiger partial charge on any atom is -0.360 e. The van der Waals surface area contributed by atoms with Crippen LogP contribution in [0.3, 0.4) is 0 Å². The lowest BCUT2D eigenvalue weighted by Crippen LogP contribution is -2.38. The smallest absolute Gasteiger partial charge is 0.256 e. The van der Waals surface area contributed by atoms with Gasteiger partial charge in [0.25, 0.3) is 5.91 Å². The Kier molecular flexibility index (Phi) is 3.76. The van der Waals surface area contributed by atoms with Gasteiger partial charge in [-0.2, -0.15) is 0 Å². The maximum absolute atomic E-state index is 13.8. The summed E-state index contributed by atoms with van der Waals surface area (Å²) in [7, 11) is 0. The molecule has 1 aliphatic rings. The van der Waals surface area contributed by atoms with Crippen LogP contribution < -0.4 is 0 Å². The number of H-pyrrole nitrogens is 1. The number of rotatable bonds is 2. The van der Waals surface area contributed by atoms with Crippen LogP contribution in [-0.4, -0.2) is 33.9 Å². The summed E-state index contributed by atoms with van der Waals surface area (Å²) >= 11 is 0. The van der Waals surface area contributed by atoms with Crippen molar-refractivity contribution in [3.05, 3.63) is 65.7 Å². The van der Waals surface area contributed by atoms with Crippen LogP contribution in [0.4, 0.5) is 4.39 Å². The van der Waals surface area contributed by atoms with E-state index in [9.17, 15) is 9.18 Å². The molecule has 2 aromatic heterocycles. The van der Waals surface area contributed by atoms with E-state index in [-0.39, 0.29) is 11.5 Å². The SMILES string of the molecule is O=C(c1ccccc1F)N1CCC(c2c[nH]c3cccnc23)CC1. The van der Waals surface area contributed by atoms with Gasteiger partial charge in [0.05, 0.1) is 16.6 Å². The molecule has 24 heavy (non-hydrogen) atoms. The number of amides is 1. The Bertz CT molecular complexity index is 881. The molecule has 0 radical (unpaired) electrons. The Balaban J connectivity index is 1.49. The number of aromatic nitrogens is 2. The number of aromatic amines is 1. The number of hydrogen-bond donors (Lipinski definition) is 1. The molecule has 4 nitrogen and oxygen atoms in total.